The molecule has 0 fully saturated rings. The first kappa shape index (κ1) is 13.7. The van der Waals surface area contributed by atoms with E-state index in [0.29, 0.717) is 5.69 Å². The van der Waals surface area contributed by atoms with Crippen molar-refractivity contribution in [1.29, 1.82) is 0 Å². The van der Waals surface area contributed by atoms with Gasteiger partial charge in [-0.25, -0.2) is 4.98 Å². The number of amides is 1. The summed E-state index contributed by atoms with van der Waals surface area (Å²) in [5.74, 6) is 0.810. The lowest BCUT2D eigenvalue weighted by atomic mass is 9.93. The van der Waals surface area contributed by atoms with Crippen molar-refractivity contribution >= 4 is 5.91 Å². The van der Waals surface area contributed by atoms with E-state index in [4.69, 9.17) is 4.74 Å². The number of fused-ring (bicyclic) bond motifs is 1. The molecule has 0 radical (unpaired) electrons. The third kappa shape index (κ3) is 2.39. The number of carbonyl (C=O) groups is 1. The van der Waals surface area contributed by atoms with E-state index in [2.05, 4.69) is 18.0 Å². The molecule has 1 atom stereocenters. The maximum absolute atomic E-state index is 12.6. The number of aromatic nitrogens is 2. The predicted molar refractivity (Wildman–Crippen MR) is 79.4 cm³/mol. The van der Waals surface area contributed by atoms with Crippen molar-refractivity contribution in [1.82, 2.24) is 14.5 Å². The molecule has 1 aliphatic rings. The fraction of sp³-hybridized carbons (Fsp3) is 0.375. The number of hydrogen-bond acceptors (Lipinski definition) is 3. The second-order valence-electron chi connectivity index (χ2n) is 5.41. The first-order valence-electron chi connectivity index (χ1n) is 7.06. The van der Waals surface area contributed by atoms with Crippen molar-refractivity contribution in [3.63, 3.8) is 0 Å². The standard InChI is InChI=1S/C16H19N3O2/c1-11-14-8-13(21-3)5-4-12(14)6-7-19(11)16(20)15-9-18(2)10-17-15/h4-5,8-11H,6-7H2,1-3H3/t11-/m0/s1. The Kier molecular flexibility index (Phi) is 3.41. The molecule has 5 nitrogen and oxygen atoms in total. The first-order valence-corrected chi connectivity index (χ1v) is 7.06. The van der Waals surface area contributed by atoms with Crippen molar-refractivity contribution in [3.8, 4) is 5.75 Å². The molecule has 21 heavy (non-hydrogen) atoms. The Hall–Kier alpha value is -2.30. The lowest BCUT2D eigenvalue weighted by Crippen LogP contribution is -2.39. The summed E-state index contributed by atoms with van der Waals surface area (Å²) in [6.45, 7) is 2.77. The second-order valence-corrected chi connectivity index (χ2v) is 5.41. The topological polar surface area (TPSA) is 47.4 Å². The molecule has 3 rings (SSSR count). The van der Waals surface area contributed by atoms with Gasteiger partial charge in [-0.15, -0.1) is 0 Å². The quantitative estimate of drug-likeness (QED) is 0.849. The lowest BCUT2D eigenvalue weighted by Gasteiger charge is -2.35. The predicted octanol–water partition coefficient (Wildman–Crippen LogP) is 2.19. The molecule has 1 aromatic heterocycles. The van der Waals surface area contributed by atoms with Gasteiger partial charge in [0.1, 0.15) is 11.4 Å². The Morgan fingerprint density at radius 1 is 1.43 bits per heavy atom. The zero-order valence-electron chi connectivity index (χ0n) is 12.5. The number of benzene rings is 1. The highest BCUT2D eigenvalue weighted by Crippen LogP contribution is 2.32. The average Bonchev–Trinajstić information content (AvgIpc) is 2.93. The number of hydrogen-bond donors (Lipinski definition) is 0. The van der Waals surface area contributed by atoms with E-state index in [9.17, 15) is 4.79 Å². The number of ether oxygens (including phenoxy) is 1. The van der Waals surface area contributed by atoms with Crippen LogP contribution in [0.15, 0.2) is 30.7 Å². The minimum atomic E-state index is -0.0171. The minimum Gasteiger partial charge on any atom is -0.497 e. The van der Waals surface area contributed by atoms with Gasteiger partial charge in [0.25, 0.3) is 5.91 Å². The average molecular weight is 285 g/mol. The SMILES string of the molecule is COc1ccc2c(c1)[C@H](C)N(C(=O)c1cn(C)cn1)CC2. The van der Waals surface area contributed by atoms with Crippen LogP contribution in [0, 0.1) is 0 Å². The van der Waals surface area contributed by atoms with Gasteiger partial charge in [0, 0.05) is 19.8 Å². The van der Waals surface area contributed by atoms with Gasteiger partial charge in [0.2, 0.25) is 0 Å². The van der Waals surface area contributed by atoms with E-state index in [-0.39, 0.29) is 11.9 Å². The summed E-state index contributed by atoms with van der Waals surface area (Å²) in [6.07, 6.45) is 4.28. The zero-order valence-corrected chi connectivity index (χ0v) is 12.5. The van der Waals surface area contributed by atoms with Crippen molar-refractivity contribution in [3.05, 3.63) is 47.5 Å². The van der Waals surface area contributed by atoms with Gasteiger partial charge in [-0.05, 0) is 36.6 Å². The summed E-state index contributed by atoms with van der Waals surface area (Å²) in [4.78, 5) is 18.6. The Morgan fingerprint density at radius 2 is 2.24 bits per heavy atom. The molecule has 0 saturated heterocycles. The molecule has 0 unspecified atom stereocenters. The highest BCUT2D eigenvalue weighted by Gasteiger charge is 2.29. The van der Waals surface area contributed by atoms with Gasteiger partial charge in [-0.1, -0.05) is 6.07 Å². The molecular formula is C16H19N3O2. The molecule has 1 aliphatic heterocycles. The van der Waals surface area contributed by atoms with Crippen LogP contribution in [0.5, 0.6) is 5.75 Å². The van der Waals surface area contributed by atoms with Crippen LogP contribution in [0.2, 0.25) is 0 Å². The fourth-order valence-corrected chi connectivity index (χ4v) is 2.87. The van der Waals surface area contributed by atoms with E-state index < -0.39 is 0 Å². The van der Waals surface area contributed by atoms with Crippen LogP contribution < -0.4 is 4.74 Å². The van der Waals surface area contributed by atoms with Crippen LogP contribution in [0.3, 0.4) is 0 Å². The normalized spacial score (nSPS) is 17.5. The molecule has 0 saturated carbocycles. The Labute approximate surface area is 124 Å². The summed E-state index contributed by atoms with van der Waals surface area (Å²) in [5.41, 5.74) is 2.94. The maximum Gasteiger partial charge on any atom is 0.274 e. The van der Waals surface area contributed by atoms with Gasteiger partial charge in [0.05, 0.1) is 19.5 Å². The highest BCUT2D eigenvalue weighted by molar-refractivity contribution is 5.92. The van der Waals surface area contributed by atoms with Crippen molar-refractivity contribution in [2.75, 3.05) is 13.7 Å². The molecule has 5 heteroatoms. The lowest BCUT2D eigenvalue weighted by molar-refractivity contribution is 0.0671. The van der Waals surface area contributed by atoms with Gasteiger partial charge in [-0.2, -0.15) is 0 Å². The van der Waals surface area contributed by atoms with E-state index in [1.54, 1.807) is 24.2 Å². The minimum absolute atomic E-state index is 0.0171. The highest BCUT2D eigenvalue weighted by atomic mass is 16.5. The van der Waals surface area contributed by atoms with Crippen LogP contribution in [-0.2, 0) is 13.5 Å². The number of methoxy groups -OCH3 is 1. The van der Waals surface area contributed by atoms with Crippen LogP contribution >= 0.6 is 0 Å². The third-order valence-electron chi connectivity index (χ3n) is 4.08. The van der Waals surface area contributed by atoms with Crippen molar-refractivity contribution in [2.24, 2.45) is 7.05 Å². The van der Waals surface area contributed by atoms with Gasteiger partial charge in [-0.3, -0.25) is 4.79 Å². The van der Waals surface area contributed by atoms with Crippen LogP contribution in [0.25, 0.3) is 0 Å². The summed E-state index contributed by atoms with van der Waals surface area (Å²) >= 11 is 0. The van der Waals surface area contributed by atoms with Gasteiger partial charge >= 0.3 is 0 Å². The molecule has 0 spiro atoms. The van der Waals surface area contributed by atoms with Crippen LogP contribution in [0.4, 0.5) is 0 Å². The van der Waals surface area contributed by atoms with Crippen LogP contribution in [-0.4, -0.2) is 34.0 Å². The molecule has 2 aromatic rings. The zero-order chi connectivity index (χ0) is 15.0. The van der Waals surface area contributed by atoms with E-state index in [1.165, 1.54) is 5.56 Å². The van der Waals surface area contributed by atoms with Crippen molar-refractivity contribution in [2.45, 2.75) is 19.4 Å². The molecule has 0 N–H and O–H groups in total. The maximum atomic E-state index is 12.6. The molecular weight excluding hydrogens is 266 g/mol. The summed E-state index contributed by atoms with van der Waals surface area (Å²) in [7, 11) is 3.52. The summed E-state index contributed by atoms with van der Waals surface area (Å²) < 4.78 is 7.08. The second kappa shape index (κ2) is 5.24. The number of rotatable bonds is 2. The van der Waals surface area contributed by atoms with E-state index >= 15 is 0 Å². The van der Waals surface area contributed by atoms with Gasteiger partial charge < -0.3 is 14.2 Å². The smallest absolute Gasteiger partial charge is 0.274 e. The Bertz CT molecular complexity index is 678. The molecule has 0 aliphatic carbocycles. The number of carbonyl (C=O) groups excluding carboxylic acids is 1. The van der Waals surface area contributed by atoms with E-state index in [0.717, 1.165) is 24.3 Å². The number of nitrogens with zero attached hydrogens (tertiary/aromatic N) is 3. The van der Waals surface area contributed by atoms with Crippen molar-refractivity contribution < 1.29 is 9.53 Å². The first-order chi connectivity index (χ1) is 10.1. The van der Waals surface area contributed by atoms with E-state index in [1.807, 2.05) is 24.1 Å². The largest absolute Gasteiger partial charge is 0.497 e. The van der Waals surface area contributed by atoms with Gasteiger partial charge in [0.15, 0.2) is 0 Å². The summed E-state index contributed by atoms with van der Waals surface area (Å²) in [5, 5.41) is 0. The molecule has 1 aromatic carbocycles. The van der Waals surface area contributed by atoms with Crippen LogP contribution in [0.1, 0.15) is 34.6 Å². The molecule has 2 heterocycles. The number of imidazole rings is 1. The molecule has 1 amide bonds. The number of aryl methyl sites for hydroxylation is 1. The molecule has 110 valence electrons. The molecule has 0 bridgehead atoms. The summed E-state index contributed by atoms with van der Waals surface area (Å²) in [6, 6.07) is 6.12. The Morgan fingerprint density at radius 3 is 2.90 bits per heavy atom. The third-order valence-corrected chi connectivity index (χ3v) is 4.08. The monoisotopic (exact) mass is 285 g/mol. The Balaban J connectivity index is 1.91. The fourth-order valence-electron chi connectivity index (χ4n) is 2.87.